The van der Waals surface area contributed by atoms with E-state index in [4.69, 9.17) is 5.11 Å². The number of anilines is 1. The molecule has 0 unspecified atom stereocenters. The lowest BCUT2D eigenvalue weighted by Crippen LogP contribution is -2.32. The minimum Gasteiger partial charge on any atom is -0.477 e. The fraction of sp³-hybridized carbons (Fsp3) is 0.375. The molecule has 0 aliphatic rings. The van der Waals surface area contributed by atoms with Gasteiger partial charge in [-0.05, 0) is 0 Å². The Morgan fingerprint density at radius 1 is 1.25 bits per heavy atom. The molecular formula is C8H5F6N3O3. The maximum absolute atomic E-state index is 12.2. The highest BCUT2D eigenvalue weighted by atomic mass is 19.4. The Morgan fingerprint density at radius 2 is 1.80 bits per heavy atom. The van der Waals surface area contributed by atoms with E-state index < -0.39 is 42.2 Å². The average Bonchev–Trinajstić information content (AvgIpc) is 2.57. The molecule has 1 amide bonds. The standard InChI is InChI=1S/C8H5F6N3O3/c9-7(10,11)2-17-4(3(1-15-17)5(18)19)16-6(20)8(12,13)14/h1H,2H2,(H,16,20)(H,18,19). The molecule has 0 spiro atoms. The largest absolute Gasteiger partial charge is 0.477 e. The number of nitrogens with one attached hydrogen (secondary N) is 1. The number of carboxylic acid groups (broad SMARTS) is 1. The van der Waals surface area contributed by atoms with Crippen LogP contribution in [0, 0.1) is 0 Å². The zero-order valence-electron chi connectivity index (χ0n) is 9.21. The highest BCUT2D eigenvalue weighted by Crippen LogP contribution is 2.24. The molecule has 0 aromatic carbocycles. The summed E-state index contributed by atoms with van der Waals surface area (Å²) in [5.41, 5.74) is -0.994. The van der Waals surface area contributed by atoms with Crippen molar-refractivity contribution >= 4 is 17.7 Å². The molecule has 0 atom stereocenters. The first-order valence-corrected chi connectivity index (χ1v) is 4.66. The van der Waals surface area contributed by atoms with E-state index in [0.29, 0.717) is 6.20 Å². The van der Waals surface area contributed by atoms with Gasteiger partial charge in [-0.3, -0.25) is 4.79 Å². The average molecular weight is 305 g/mol. The number of amides is 1. The van der Waals surface area contributed by atoms with Gasteiger partial charge in [0.1, 0.15) is 17.9 Å². The molecular weight excluding hydrogens is 300 g/mol. The Hall–Kier alpha value is -2.27. The van der Waals surface area contributed by atoms with Crippen molar-refractivity contribution in [2.75, 3.05) is 5.32 Å². The minimum atomic E-state index is -5.39. The van der Waals surface area contributed by atoms with Crippen LogP contribution in [0.3, 0.4) is 0 Å². The molecule has 2 N–H and O–H groups in total. The predicted octanol–water partition coefficient (Wildman–Crippen LogP) is 1.64. The summed E-state index contributed by atoms with van der Waals surface area (Å²) in [5.74, 6) is -5.64. The molecule has 0 aliphatic heterocycles. The smallest absolute Gasteiger partial charge is 0.471 e. The van der Waals surface area contributed by atoms with Gasteiger partial charge in [-0.25, -0.2) is 9.48 Å². The molecule has 112 valence electrons. The fourth-order valence-corrected chi connectivity index (χ4v) is 1.14. The lowest BCUT2D eigenvalue weighted by molar-refractivity contribution is -0.167. The lowest BCUT2D eigenvalue weighted by Gasteiger charge is -2.12. The molecule has 1 heterocycles. The molecule has 0 saturated heterocycles. The van der Waals surface area contributed by atoms with Crippen molar-refractivity contribution in [2.24, 2.45) is 0 Å². The molecule has 0 saturated carbocycles. The van der Waals surface area contributed by atoms with Crippen LogP contribution in [0.2, 0.25) is 0 Å². The maximum Gasteiger partial charge on any atom is 0.471 e. The van der Waals surface area contributed by atoms with E-state index in [1.807, 2.05) is 0 Å². The first kappa shape index (κ1) is 15.8. The summed E-state index contributed by atoms with van der Waals surface area (Å²) in [6.45, 7) is -1.85. The van der Waals surface area contributed by atoms with Gasteiger partial charge in [0.05, 0.1) is 6.20 Å². The SMILES string of the molecule is O=C(O)c1cnn(CC(F)(F)F)c1NC(=O)C(F)(F)F. The molecule has 1 aromatic heterocycles. The third-order valence-electron chi connectivity index (χ3n) is 1.89. The van der Waals surface area contributed by atoms with Crippen LogP contribution in [0.15, 0.2) is 6.20 Å². The van der Waals surface area contributed by atoms with E-state index in [9.17, 15) is 35.9 Å². The van der Waals surface area contributed by atoms with E-state index in [2.05, 4.69) is 5.10 Å². The first-order chi connectivity index (χ1) is 8.92. The van der Waals surface area contributed by atoms with Gasteiger partial charge in [0.2, 0.25) is 0 Å². The quantitative estimate of drug-likeness (QED) is 0.832. The summed E-state index contributed by atoms with van der Waals surface area (Å²) in [7, 11) is 0. The number of carbonyl (C=O) groups excluding carboxylic acids is 1. The van der Waals surface area contributed by atoms with Gasteiger partial charge in [-0.2, -0.15) is 31.4 Å². The van der Waals surface area contributed by atoms with E-state index >= 15 is 0 Å². The third-order valence-corrected chi connectivity index (χ3v) is 1.89. The second-order valence-corrected chi connectivity index (χ2v) is 3.44. The summed E-state index contributed by atoms with van der Waals surface area (Å²) in [6.07, 6.45) is -9.84. The fourth-order valence-electron chi connectivity index (χ4n) is 1.14. The number of hydrogen-bond acceptors (Lipinski definition) is 3. The van der Waals surface area contributed by atoms with Crippen molar-refractivity contribution in [2.45, 2.75) is 18.9 Å². The van der Waals surface area contributed by atoms with Gasteiger partial charge in [0.15, 0.2) is 0 Å². The molecule has 12 heteroatoms. The van der Waals surface area contributed by atoms with Crippen LogP contribution < -0.4 is 5.32 Å². The van der Waals surface area contributed by atoms with Crippen LogP contribution in [0.25, 0.3) is 0 Å². The highest BCUT2D eigenvalue weighted by Gasteiger charge is 2.40. The number of alkyl halides is 6. The van der Waals surface area contributed by atoms with E-state index in [-0.39, 0.29) is 4.68 Å². The summed E-state index contributed by atoms with van der Waals surface area (Å²) in [5, 5.41) is 12.7. The predicted molar refractivity (Wildman–Crippen MR) is 49.9 cm³/mol. The van der Waals surface area contributed by atoms with Crippen LogP contribution in [-0.4, -0.2) is 39.1 Å². The molecule has 0 aliphatic carbocycles. The van der Waals surface area contributed by atoms with Gasteiger partial charge < -0.3 is 10.4 Å². The Morgan fingerprint density at radius 3 is 2.20 bits per heavy atom. The van der Waals surface area contributed by atoms with Gasteiger partial charge >= 0.3 is 24.2 Å². The zero-order chi connectivity index (χ0) is 15.7. The van der Waals surface area contributed by atoms with Crippen molar-refractivity contribution in [1.29, 1.82) is 0 Å². The monoisotopic (exact) mass is 305 g/mol. The van der Waals surface area contributed by atoms with Gasteiger partial charge in [-0.15, -0.1) is 0 Å². The Labute approximate surface area is 106 Å². The number of hydrogen-bond donors (Lipinski definition) is 2. The lowest BCUT2D eigenvalue weighted by atomic mass is 10.3. The maximum atomic E-state index is 12.2. The highest BCUT2D eigenvalue weighted by molar-refractivity contribution is 6.01. The van der Waals surface area contributed by atoms with Crippen molar-refractivity contribution in [1.82, 2.24) is 9.78 Å². The number of aromatic nitrogens is 2. The van der Waals surface area contributed by atoms with E-state index in [1.54, 1.807) is 0 Å². The zero-order valence-corrected chi connectivity index (χ0v) is 9.21. The molecule has 20 heavy (non-hydrogen) atoms. The molecule has 0 bridgehead atoms. The Balaban J connectivity index is 3.16. The minimum absolute atomic E-state index is 0.0902. The normalized spacial score (nSPS) is 12.3. The van der Waals surface area contributed by atoms with E-state index in [1.165, 1.54) is 0 Å². The van der Waals surface area contributed by atoms with Crippen LogP contribution in [0.4, 0.5) is 32.2 Å². The Bertz CT molecular complexity index is 533. The number of nitrogens with zero attached hydrogens (tertiary/aromatic N) is 2. The van der Waals surface area contributed by atoms with Crippen molar-refractivity contribution in [3.8, 4) is 0 Å². The van der Waals surface area contributed by atoms with Crippen molar-refractivity contribution in [3.05, 3.63) is 11.8 Å². The molecule has 0 radical (unpaired) electrons. The van der Waals surface area contributed by atoms with Crippen molar-refractivity contribution in [3.63, 3.8) is 0 Å². The second-order valence-electron chi connectivity index (χ2n) is 3.44. The number of rotatable bonds is 3. The summed E-state index contributed by atoms with van der Waals surface area (Å²) >= 11 is 0. The van der Waals surface area contributed by atoms with Gasteiger partial charge in [-0.1, -0.05) is 0 Å². The van der Waals surface area contributed by atoms with Crippen LogP contribution in [0.1, 0.15) is 10.4 Å². The number of halogens is 6. The molecule has 1 aromatic rings. The topological polar surface area (TPSA) is 84.2 Å². The van der Waals surface area contributed by atoms with Crippen LogP contribution >= 0.6 is 0 Å². The second kappa shape index (κ2) is 5.02. The summed E-state index contributed by atoms with van der Waals surface area (Å²) in [6, 6.07) is 0. The van der Waals surface area contributed by atoms with Crippen molar-refractivity contribution < 1.29 is 41.0 Å². The van der Waals surface area contributed by atoms with Crippen LogP contribution in [-0.2, 0) is 11.3 Å². The third kappa shape index (κ3) is 3.86. The summed E-state index contributed by atoms with van der Waals surface area (Å²) in [4.78, 5) is 21.3. The molecule has 1 rings (SSSR count). The Kier molecular flexibility index (Phi) is 3.96. The molecule has 6 nitrogen and oxygen atoms in total. The number of carboxylic acids is 1. The number of carbonyl (C=O) groups is 2. The van der Waals surface area contributed by atoms with Crippen LogP contribution in [0.5, 0.6) is 0 Å². The van der Waals surface area contributed by atoms with Gasteiger partial charge in [0, 0.05) is 0 Å². The number of aromatic carboxylic acids is 1. The first-order valence-electron chi connectivity index (χ1n) is 4.66. The molecule has 0 fully saturated rings. The van der Waals surface area contributed by atoms with E-state index in [0.717, 1.165) is 5.32 Å². The van der Waals surface area contributed by atoms with Gasteiger partial charge in [0.25, 0.3) is 0 Å². The summed E-state index contributed by atoms with van der Waals surface area (Å²) < 4.78 is 72.5.